The third kappa shape index (κ3) is 2.71. The van der Waals surface area contributed by atoms with E-state index >= 15 is 0 Å². The maximum absolute atomic E-state index is 11.2. The molecular weight excluding hydrogens is 166 g/mol. The number of carbonyl (C=O) groups excluding carboxylic acids is 2. The SMILES string of the molecule is CC(C=O)C(=O)Nc1ccccc1. The highest BCUT2D eigenvalue weighted by Gasteiger charge is 2.10. The lowest BCUT2D eigenvalue weighted by molar-refractivity contribution is -0.124. The number of rotatable bonds is 3. The number of aldehydes is 1. The molecule has 3 nitrogen and oxygen atoms in total. The van der Waals surface area contributed by atoms with E-state index in [1.165, 1.54) is 0 Å². The van der Waals surface area contributed by atoms with Gasteiger partial charge in [0.25, 0.3) is 0 Å². The van der Waals surface area contributed by atoms with Crippen LogP contribution in [-0.4, -0.2) is 12.2 Å². The Morgan fingerprint density at radius 3 is 2.54 bits per heavy atom. The van der Waals surface area contributed by atoms with E-state index in [-0.39, 0.29) is 5.91 Å². The van der Waals surface area contributed by atoms with E-state index < -0.39 is 5.92 Å². The number of anilines is 1. The highest BCUT2D eigenvalue weighted by atomic mass is 16.2. The van der Waals surface area contributed by atoms with Crippen LogP contribution in [0.4, 0.5) is 5.69 Å². The number of nitrogens with one attached hydrogen (secondary N) is 1. The first kappa shape index (κ1) is 9.45. The van der Waals surface area contributed by atoms with Crippen molar-refractivity contribution in [2.45, 2.75) is 6.92 Å². The molecule has 1 rings (SSSR count). The molecule has 0 saturated carbocycles. The van der Waals surface area contributed by atoms with Crippen LogP contribution in [0.2, 0.25) is 0 Å². The normalized spacial score (nSPS) is 11.8. The Kier molecular flexibility index (Phi) is 3.20. The summed E-state index contributed by atoms with van der Waals surface area (Å²) in [4.78, 5) is 21.5. The maximum Gasteiger partial charge on any atom is 0.234 e. The van der Waals surface area contributed by atoms with Gasteiger partial charge in [-0.3, -0.25) is 4.79 Å². The fourth-order valence-electron chi connectivity index (χ4n) is 0.839. The average Bonchev–Trinajstić information content (AvgIpc) is 2.18. The van der Waals surface area contributed by atoms with Crippen molar-refractivity contribution in [3.63, 3.8) is 0 Å². The lowest BCUT2D eigenvalue weighted by Crippen LogP contribution is -2.21. The lowest BCUT2D eigenvalue weighted by Gasteiger charge is -2.05. The summed E-state index contributed by atoms with van der Waals surface area (Å²) in [6.07, 6.45) is 0.623. The number of hydrogen-bond donors (Lipinski definition) is 1. The number of amides is 1. The minimum atomic E-state index is -0.597. The standard InChI is InChI=1S/C10H11NO2/c1-8(7-12)10(13)11-9-5-3-2-4-6-9/h2-8H,1H3,(H,11,13). The predicted molar refractivity (Wildman–Crippen MR) is 50.3 cm³/mol. The fraction of sp³-hybridized carbons (Fsp3) is 0.200. The Morgan fingerprint density at radius 2 is 2.00 bits per heavy atom. The van der Waals surface area contributed by atoms with Crippen molar-refractivity contribution < 1.29 is 9.59 Å². The molecule has 1 aromatic carbocycles. The van der Waals surface area contributed by atoms with Crippen molar-refractivity contribution in [2.75, 3.05) is 5.32 Å². The number of para-hydroxylation sites is 1. The smallest absolute Gasteiger partial charge is 0.234 e. The highest BCUT2D eigenvalue weighted by molar-refractivity contribution is 6.00. The molecule has 0 bridgehead atoms. The molecule has 0 saturated heterocycles. The van der Waals surface area contributed by atoms with Crippen LogP contribution < -0.4 is 5.32 Å². The summed E-state index contributed by atoms with van der Waals surface area (Å²) in [5.41, 5.74) is 0.709. The number of benzene rings is 1. The maximum atomic E-state index is 11.2. The fourth-order valence-corrected chi connectivity index (χ4v) is 0.839. The van der Waals surface area contributed by atoms with E-state index in [0.717, 1.165) is 0 Å². The first-order valence-corrected chi connectivity index (χ1v) is 4.05. The Morgan fingerprint density at radius 1 is 1.38 bits per heavy atom. The van der Waals surface area contributed by atoms with E-state index in [1.807, 2.05) is 18.2 Å². The minimum Gasteiger partial charge on any atom is -0.325 e. The molecule has 1 N–H and O–H groups in total. The molecule has 0 radical (unpaired) electrons. The van der Waals surface area contributed by atoms with Crippen LogP contribution in [-0.2, 0) is 9.59 Å². The molecule has 1 aromatic rings. The number of carbonyl (C=O) groups is 2. The van der Waals surface area contributed by atoms with Crippen LogP contribution in [0.25, 0.3) is 0 Å². The monoisotopic (exact) mass is 177 g/mol. The van der Waals surface area contributed by atoms with Crippen molar-refractivity contribution in [1.29, 1.82) is 0 Å². The first-order chi connectivity index (χ1) is 6.24. The van der Waals surface area contributed by atoms with Crippen molar-refractivity contribution in [1.82, 2.24) is 0 Å². The summed E-state index contributed by atoms with van der Waals surface area (Å²) in [5.74, 6) is -0.874. The van der Waals surface area contributed by atoms with Gasteiger partial charge in [-0.15, -0.1) is 0 Å². The molecule has 3 heteroatoms. The molecule has 68 valence electrons. The van der Waals surface area contributed by atoms with Gasteiger partial charge < -0.3 is 10.1 Å². The molecule has 0 aromatic heterocycles. The van der Waals surface area contributed by atoms with Crippen molar-refractivity contribution in [3.05, 3.63) is 30.3 Å². The molecule has 1 atom stereocenters. The Bertz CT molecular complexity index is 295. The van der Waals surface area contributed by atoms with Crippen LogP contribution in [0.15, 0.2) is 30.3 Å². The van der Waals surface area contributed by atoms with Crippen molar-refractivity contribution in [2.24, 2.45) is 5.92 Å². The second-order valence-corrected chi connectivity index (χ2v) is 2.78. The second-order valence-electron chi connectivity index (χ2n) is 2.78. The summed E-state index contributed by atoms with van der Waals surface area (Å²) in [7, 11) is 0. The first-order valence-electron chi connectivity index (χ1n) is 4.05. The molecule has 0 heterocycles. The molecule has 1 unspecified atom stereocenters. The quantitative estimate of drug-likeness (QED) is 0.561. The van der Waals surface area contributed by atoms with Gasteiger partial charge in [0.2, 0.25) is 5.91 Å². The molecule has 1 amide bonds. The van der Waals surface area contributed by atoms with Crippen LogP contribution in [0.5, 0.6) is 0 Å². The molecule has 0 fully saturated rings. The van der Waals surface area contributed by atoms with E-state index in [1.54, 1.807) is 19.1 Å². The van der Waals surface area contributed by atoms with Gasteiger partial charge in [0.05, 0.1) is 5.92 Å². The largest absolute Gasteiger partial charge is 0.325 e. The zero-order chi connectivity index (χ0) is 9.68. The van der Waals surface area contributed by atoms with Gasteiger partial charge in [-0.25, -0.2) is 0 Å². The minimum absolute atomic E-state index is 0.277. The van der Waals surface area contributed by atoms with Gasteiger partial charge in [0, 0.05) is 5.69 Å². The number of hydrogen-bond acceptors (Lipinski definition) is 2. The highest BCUT2D eigenvalue weighted by Crippen LogP contribution is 2.06. The predicted octanol–water partition coefficient (Wildman–Crippen LogP) is 1.46. The van der Waals surface area contributed by atoms with Gasteiger partial charge >= 0.3 is 0 Å². The molecule has 0 aliphatic rings. The molecular formula is C10H11NO2. The van der Waals surface area contributed by atoms with Gasteiger partial charge in [-0.1, -0.05) is 18.2 Å². The Labute approximate surface area is 76.8 Å². The zero-order valence-corrected chi connectivity index (χ0v) is 7.36. The van der Waals surface area contributed by atoms with E-state index in [2.05, 4.69) is 5.32 Å². The van der Waals surface area contributed by atoms with Gasteiger partial charge in [-0.2, -0.15) is 0 Å². The Hall–Kier alpha value is -1.64. The van der Waals surface area contributed by atoms with Gasteiger partial charge in [-0.05, 0) is 19.1 Å². The van der Waals surface area contributed by atoms with Crippen molar-refractivity contribution in [3.8, 4) is 0 Å². The van der Waals surface area contributed by atoms with Gasteiger partial charge in [0.15, 0.2) is 0 Å². The second kappa shape index (κ2) is 4.40. The van der Waals surface area contributed by atoms with Crippen molar-refractivity contribution >= 4 is 17.9 Å². The van der Waals surface area contributed by atoms with E-state index in [9.17, 15) is 9.59 Å². The van der Waals surface area contributed by atoms with E-state index in [0.29, 0.717) is 12.0 Å². The van der Waals surface area contributed by atoms with Gasteiger partial charge in [0.1, 0.15) is 6.29 Å². The molecule has 0 aliphatic heterocycles. The average molecular weight is 177 g/mol. The third-order valence-corrected chi connectivity index (χ3v) is 1.66. The van der Waals surface area contributed by atoms with Crippen LogP contribution in [0.3, 0.4) is 0 Å². The Balaban J connectivity index is 2.60. The van der Waals surface area contributed by atoms with E-state index in [4.69, 9.17) is 0 Å². The van der Waals surface area contributed by atoms with Crippen LogP contribution in [0.1, 0.15) is 6.92 Å². The summed E-state index contributed by atoms with van der Waals surface area (Å²) in [6, 6.07) is 9.05. The summed E-state index contributed by atoms with van der Waals surface area (Å²) in [6.45, 7) is 1.56. The molecule has 13 heavy (non-hydrogen) atoms. The molecule has 0 aliphatic carbocycles. The van der Waals surface area contributed by atoms with Crippen LogP contribution >= 0.6 is 0 Å². The summed E-state index contributed by atoms with van der Waals surface area (Å²) in [5, 5.41) is 2.62. The lowest BCUT2D eigenvalue weighted by atomic mass is 10.2. The summed E-state index contributed by atoms with van der Waals surface area (Å²) >= 11 is 0. The topological polar surface area (TPSA) is 46.2 Å². The van der Waals surface area contributed by atoms with Crippen LogP contribution in [0, 0.1) is 5.92 Å². The zero-order valence-electron chi connectivity index (χ0n) is 7.36. The molecule has 0 spiro atoms. The summed E-state index contributed by atoms with van der Waals surface area (Å²) < 4.78 is 0. The third-order valence-electron chi connectivity index (χ3n) is 1.66.